The van der Waals surface area contributed by atoms with E-state index in [9.17, 15) is 0 Å². The van der Waals surface area contributed by atoms with E-state index in [1.165, 1.54) is 30.4 Å². The Labute approximate surface area is 138 Å². The lowest BCUT2D eigenvalue weighted by molar-refractivity contribution is 0.491. The average Bonchev–Trinajstić information content (AvgIpc) is 3.06. The van der Waals surface area contributed by atoms with E-state index < -0.39 is 0 Å². The first-order valence-electron chi connectivity index (χ1n) is 8.14. The Morgan fingerprint density at radius 1 is 1.36 bits per heavy atom. The quantitative estimate of drug-likeness (QED) is 0.346. The summed E-state index contributed by atoms with van der Waals surface area (Å²) in [7, 11) is 0. The molecule has 22 heavy (non-hydrogen) atoms. The summed E-state index contributed by atoms with van der Waals surface area (Å²) in [5.41, 5.74) is 14.3. The maximum Gasteiger partial charge on any atom is 0.0232 e. The second kappa shape index (κ2) is 6.81. The van der Waals surface area contributed by atoms with E-state index in [-0.39, 0.29) is 6.04 Å². The van der Waals surface area contributed by atoms with Crippen molar-refractivity contribution in [2.24, 2.45) is 23.3 Å². The van der Waals surface area contributed by atoms with Gasteiger partial charge in [0.15, 0.2) is 0 Å². The molecule has 2 nitrogen and oxygen atoms in total. The zero-order chi connectivity index (χ0) is 15.5. The molecule has 0 saturated heterocycles. The number of benzene rings is 1. The van der Waals surface area contributed by atoms with Crippen LogP contribution in [0.5, 0.6) is 0 Å². The molecular formula is C19H24N2S. The van der Waals surface area contributed by atoms with Crippen molar-refractivity contribution >= 4 is 12.6 Å². The van der Waals surface area contributed by atoms with Crippen LogP contribution in [-0.2, 0) is 6.42 Å². The number of nitrogens with two attached hydrogens (primary N) is 2. The van der Waals surface area contributed by atoms with Gasteiger partial charge in [0, 0.05) is 23.4 Å². The monoisotopic (exact) mass is 312 g/mol. The highest BCUT2D eigenvalue weighted by Gasteiger charge is 2.41. The molecule has 2 aliphatic rings. The van der Waals surface area contributed by atoms with Gasteiger partial charge in [-0.15, -0.1) is 12.6 Å². The maximum atomic E-state index is 6.14. The van der Waals surface area contributed by atoms with Gasteiger partial charge in [0.1, 0.15) is 0 Å². The molecule has 0 aliphatic heterocycles. The van der Waals surface area contributed by atoms with Crippen LogP contribution in [-0.4, -0.2) is 6.04 Å². The van der Waals surface area contributed by atoms with Crippen LogP contribution in [0.2, 0.25) is 0 Å². The highest BCUT2D eigenvalue weighted by molar-refractivity contribution is 7.80. The van der Waals surface area contributed by atoms with Gasteiger partial charge in [-0.05, 0) is 60.6 Å². The van der Waals surface area contributed by atoms with Gasteiger partial charge in [0.05, 0.1) is 0 Å². The molecule has 4 atom stereocenters. The lowest BCUT2D eigenvalue weighted by atomic mass is 9.87. The summed E-state index contributed by atoms with van der Waals surface area (Å²) in [6, 6.07) is 9.06. The van der Waals surface area contributed by atoms with E-state index in [1.54, 1.807) is 0 Å². The third-order valence-electron chi connectivity index (χ3n) is 5.16. The molecule has 4 unspecified atom stereocenters. The predicted molar refractivity (Wildman–Crippen MR) is 94.7 cm³/mol. The average molecular weight is 312 g/mol. The van der Waals surface area contributed by atoms with Crippen LogP contribution >= 0.6 is 12.6 Å². The van der Waals surface area contributed by atoms with Crippen LogP contribution in [0.1, 0.15) is 42.7 Å². The van der Waals surface area contributed by atoms with Gasteiger partial charge >= 0.3 is 0 Å². The number of hydrogen-bond acceptors (Lipinski definition) is 3. The van der Waals surface area contributed by atoms with Crippen molar-refractivity contribution in [3.8, 4) is 12.0 Å². The molecule has 116 valence electrons. The molecule has 1 fully saturated rings. The number of hydrogen-bond donors (Lipinski definition) is 3. The minimum Gasteiger partial charge on any atom is -0.359 e. The van der Waals surface area contributed by atoms with Crippen molar-refractivity contribution in [1.82, 2.24) is 0 Å². The van der Waals surface area contributed by atoms with E-state index in [1.807, 2.05) is 0 Å². The number of thiol groups is 1. The van der Waals surface area contributed by atoms with Crippen LogP contribution in [0.15, 0.2) is 35.2 Å². The van der Waals surface area contributed by atoms with Crippen molar-refractivity contribution in [1.29, 1.82) is 0 Å². The van der Waals surface area contributed by atoms with E-state index in [0.29, 0.717) is 11.8 Å². The Morgan fingerprint density at radius 3 is 3.05 bits per heavy atom. The van der Waals surface area contributed by atoms with Gasteiger partial charge in [-0.3, -0.25) is 0 Å². The smallest absolute Gasteiger partial charge is 0.0232 e. The zero-order valence-corrected chi connectivity index (χ0v) is 13.7. The highest BCUT2D eigenvalue weighted by atomic mass is 32.1. The molecule has 0 spiro atoms. The zero-order valence-electron chi connectivity index (χ0n) is 12.8. The van der Waals surface area contributed by atoms with Gasteiger partial charge < -0.3 is 11.5 Å². The molecule has 0 radical (unpaired) electrons. The molecule has 1 aromatic rings. The van der Waals surface area contributed by atoms with E-state index in [0.717, 1.165) is 23.7 Å². The molecule has 3 rings (SSSR count). The third-order valence-corrected chi connectivity index (χ3v) is 5.58. The molecule has 3 heteroatoms. The minimum absolute atomic E-state index is 0.0805. The number of rotatable bonds is 4. The van der Waals surface area contributed by atoms with Gasteiger partial charge in [-0.25, -0.2) is 0 Å². The highest BCUT2D eigenvalue weighted by Crippen LogP contribution is 2.53. The molecule has 0 aromatic heterocycles. The molecule has 1 aromatic carbocycles. The first kappa shape index (κ1) is 15.5. The SMILES string of the molecule is NC#CCCC(N)/C=C/C1CCC2Cc3c(S)cccc3C12. The largest absolute Gasteiger partial charge is 0.359 e. The Kier molecular flexibility index (Phi) is 4.81. The summed E-state index contributed by atoms with van der Waals surface area (Å²) in [4.78, 5) is 1.16. The molecule has 0 heterocycles. The van der Waals surface area contributed by atoms with Crippen LogP contribution in [0.3, 0.4) is 0 Å². The summed E-state index contributed by atoms with van der Waals surface area (Å²) in [5.74, 6) is 4.94. The molecule has 0 amide bonds. The summed E-state index contributed by atoms with van der Waals surface area (Å²) in [5, 5.41) is 0. The fourth-order valence-electron chi connectivity index (χ4n) is 4.13. The summed E-state index contributed by atoms with van der Waals surface area (Å²) >= 11 is 4.63. The van der Waals surface area contributed by atoms with Crippen molar-refractivity contribution in [2.45, 2.75) is 49.0 Å². The van der Waals surface area contributed by atoms with Gasteiger partial charge in [0.2, 0.25) is 0 Å². The van der Waals surface area contributed by atoms with Crippen molar-refractivity contribution in [3.05, 3.63) is 41.5 Å². The summed E-state index contributed by atoms with van der Waals surface area (Å²) < 4.78 is 0. The molecule has 1 saturated carbocycles. The minimum atomic E-state index is 0.0805. The summed E-state index contributed by atoms with van der Waals surface area (Å²) in [6.45, 7) is 0. The lowest BCUT2D eigenvalue weighted by Crippen LogP contribution is -2.17. The van der Waals surface area contributed by atoms with E-state index in [2.05, 4.69) is 54.9 Å². The second-order valence-electron chi connectivity index (χ2n) is 6.48. The number of allylic oxidation sites excluding steroid dienone is 1. The third kappa shape index (κ3) is 3.04. The van der Waals surface area contributed by atoms with E-state index in [4.69, 9.17) is 11.5 Å². The van der Waals surface area contributed by atoms with Crippen LogP contribution in [0.25, 0.3) is 0 Å². The Hall–Kier alpha value is -1.37. The molecule has 4 N–H and O–H groups in total. The van der Waals surface area contributed by atoms with Crippen molar-refractivity contribution < 1.29 is 0 Å². The lowest BCUT2D eigenvalue weighted by Gasteiger charge is -2.17. The first-order valence-corrected chi connectivity index (χ1v) is 8.58. The molecule has 2 aliphatic carbocycles. The van der Waals surface area contributed by atoms with Gasteiger partial charge in [0.25, 0.3) is 0 Å². The van der Waals surface area contributed by atoms with E-state index >= 15 is 0 Å². The van der Waals surface area contributed by atoms with Gasteiger partial charge in [-0.2, -0.15) is 0 Å². The molecular weight excluding hydrogens is 288 g/mol. The topological polar surface area (TPSA) is 52.0 Å². The first-order chi connectivity index (χ1) is 10.7. The van der Waals surface area contributed by atoms with Crippen LogP contribution in [0.4, 0.5) is 0 Å². The fraction of sp³-hybridized carbons (Fsp3) is 0.474. The van der Waals surface area contributed by atoms with Gasteiger partial charge in [-0.1, -0.05) is 30.2 Å². The predicted octanol–water partition coefficient (Wildman–Crippen LogP) is 3.22. The second-order valence-corrected chi connectivity index (χ2v) is 6.97. The standard InChI is InChI=1S/C19H24N2S/c20-11-2-1-4-15(21)10-9-13-7-8-14-12-17-16(19(13)14)5-3-6-18(17)22/h3,5-6,9-10,13-15,19,22H,1,4,7-8,12,20-21H2/b10-9+. The van der Waals surface area contributed by atoms with Crippen molar-refractivity contribution in [2.75, 3.05) is 0 Å². The van der Waals surface area contributed by atoms with Crippen molar-refractivity contribution in [3.63, 3.8) is 0 Å². The number of fused-ring (bicyclic) bond motifs is 3. The molecule has 0 bridgehead atoms. The maximum absolute atomic E-state index is 6.14. The Bertz CT molecular complexity index is 626. The normalized spacial score (nSPS) is 27.3. The summed E-state index contributed by atoms with van der Waals surface area (Å²) in [6.07, 6.45) is 9.96. The van der Waals surface area contributed by atoms with Crippen LogP contribution in [0, 0.1) is 23.8 Å². The Morgan fingerprint density at radius 2 is 2.23 bits per heavy atom. The fourth-order valence-corrected chi connectivity index (χ4v) is 4.43. The van der Waals surface area contributed by atoms with Crippen LogP contribution < -0.4 is 11.5 Å². The Balaban J connectivity index is 1.69.